The van der Waals surface area contributed by atoms with Gasteiger partial charge in [0.15, 0.2) is 5.96 Å². The first kappa shape index (κ1) is 18.3. The van der Waals surface area contributed by atoms with Crippen LogP contribution >= 0.6 is 11.8 Å². The van der Waals surface area contributed by atoms with Crippen molar-refractivity contribution in [2.75, 3.05) is 19.3 Å². The molecule has 0 saturated carbocycles. The Kier molecular flexibility index (Phi) is 7.11. The minimum Gasteiger partial charge on any atom is -0.444 e. The van der Waals surface area contributed by atoms with Crippen molar-refractivity contribution in [3.8, 4) is 0 Å². The predicted molar refractivity (Wildman–Crippen MR) is 95.9 cm³/mol. The zero-order valence-electron chi connectivity index (χ0n) is 14.2. The molecule has 0 amide bonds. The minimum atomic E-state index is -0.202. The maximum atomic E-state index is 12.8. The van der Waals surface area contributed by atoms with Gasteiger partial charge in [-0.05, 0) is 50.3 Å². The lowest BCUT2D eigenvalue weighted by Crippen LogP contribution is -2.37. The van der Waals surface area contributed by atoms with Crippen LogP contribution in [0.1, 0.15) is 23.8 Å². The van der Waals surface area contributed by atoms with Gasteiger partial charge in [0.1, 0.15) is 11.6 Å². The number of halogens is 1. The van der Waals surface area contributed by atoms with Gasteiger partial charge in [-0.15, -0.1) is 11.8 Å². The molecule has 0 aliphatic heterocycles. The molecule has 0 radical (unpaired) electrons. The van der Waals surface area contributed by atoms with Crippen LogP contribution in [0.3, 0.4) is 0 Å². The van der Waals surface area contributed by atoms with Crippen molar-refractivity contribution in [3.63, 3.8) is 0 Å². The van der Waals surface area contributed by atoms with E-state index in [-0.39, 0.29) is 5.82 Å². The van der Waals surface area contributed by atoms with E-state index in [2.05, 4.69) is 20.6 Å². The normalized spacial score (nSPS) is 11.6. The van der Waals surface area contributed by atoms with Crippen LogP contribution in [0.4, 0.5) is 4.39 Å². The second kappa shape index (κ2) is 9.32. The molecule has 1 aromatic heterocycles. The fourth-order valence-electron chi connectivity index (χ4n) is 1.99. The zero-order valence-corrected chi connectivity index (χ0v) is 15.0. The van der Waals surface area contributed by atoms with Crippen LogP contribution < -0.4 is 10.6 Å². The fraction of sp³-hybridized carbons (Fsp3) is 0.412. The van der Waals surface area contributed by atoms with E-state index >= 15 is 0 Å². The van der Waals surface area contributed by atoms with Gasteiger partial charge in [0.25, 0.3) is 0 Å². The third-order valence-electron chi connectivity index (χ3n) is 3.40. The third-order valence-corrected chi connectivity index (χ3v) is 4.50. The van der Waals surface area contributed by atoms with E-state index in [1.165, 1.54) is 12.1 Å². The number of aliphatic imine (C=N–C) groups is 1. The van der Waals surface area contributed by atoms with Crippen molar-refractivity contribution >= 4 is 17.7 Å². The Bertz CT molecular complexity index is 650. The molecule has 2 aromatic rings. The lowest BCUT2D eigenvalue weighted by Gasteiger charge is -2.10. The van der Waals surface area contributed by atoms with Crippen LogP contribution in [0, 0.1) is 19.7 Å². The molecule has 0 fully saturated rings. The second-order valence-electron chi connectivity index (χ2n) is 5.26. The van der Waals surface area contributed by atoms with Crippen LogP contribution in [-0.4, -0.2) is 30.3 Å². The summed E-state index contributed by atoms with van der Waals surface area (Å²) in [4.78, 5) is 9.58. The number of nitrogens with zero attached hydrogens (tertiary/aromatic N) is 2. The number of hydrogen-bond donors (Lipinski definition) is 2. The minimum absolute atomic E-state index is 0.202. The molecule has 1 heterocycles. The van der Waals surface area contributed by atoms with Crippen molar-refractivity contribution in [2.45, 2.75) is 31.7 Å². The van der Waals surface area contributed by atoms with Crippen molar-refractivity contribution in [2.24, 2.45) is 4.99 Å². The van der Waals surface area contributed by atoms with Gasteiger partial charge in [0.2, 0.25) is 5.89 Å². The monoisotopic (exact) mass is 350 g/mol. The van der Waals surface area contributed by atoms with Gasteiger partial charge < -0.3 is 15.1 Å². The van der Waals surface area contributed by atoms with Gasteiger partial charge in [-0.2, -0.15) is 0 Å². The van der Waals surface area contributed by atoms with Gasteiger partial charge in [0, 0.05) is 18.5 Å². The number of nitrogens with one attached hydrogen (secondary N) is 2. The van der Waals surface area contributed by atoms with E-state index in [1.807, 2.05) is 13.8 Å². The van der Waals surface area contributed by atoms with Gasteiger partial charge in [-0.25, -0.2) is 9.37 Å². The molecule has 0 aliphatic carbocycles. The van der Waals surface area contributed by atoms with Crippen molar-refractivity contribution < 1.29 is 8.81 Å². The smallest absolute Gasteiger partial charge is 0.214 e. The first-order valence-electron chi connectivity index (χ1n) is 7.84. The van der Waals surface area contributed by atoms with Gasteiger partial charge in [0.05, 0.1) is 12.2 Å². The maximum absolute atomic E-state index is 12.8. The molecule has 0 aliphatic rings. The number of hydrogen-bond acceptors (Lipinski definition) is 4. The van der Waals surface area contributed by atoms with Gasteiger partial charge in [-0.1, -0.05) is 0 Å². The summed E-state index contributed by atoms with van der Waals surface area (Å²) >= 11 is 1.71. The maximum Gasteiger partial charge on any atom is 0.214 e. The molecule has 1 aromatic carbocycles. The van der Waals surface area contributed by atoms with Crippen LogP contribution in [0.5, 0.6) is 0 Å². The number of thioether (sulfide) groups is 1. The molecule has 5 nitrogen and oxygen atoms in total. The Hall–Kier alpha value is -2.02. The van der Waals surface area contributed by atoms with E-state index in [0.717, 1.165) is 41.0 Å². The highest BCUT2D eigenvalue weighted by Crippen LogP contribution is 2.18. The van der Waals surface area contributed by atoms with Crippen LogP contribution in [-0.2, 0) is 6.54 Å². The molecule has 0 spiro atoms. The summed E-state index contributed by atoms with van der Waals surface area (Å²) in [6.07, 6.45) is 0.972. The average molecular weight is 350 g/mol. The molecular weight excluding hydrogens is 327 g/mol. The molecule has 0 atom stereocenters. The SMILES string of the molecule is CN=C(NCCCSc1ccc(F)cc1)NCc1nc(C)c(C)o1. The summed E-state index contributed by atoms with van der Waals surface area (Å²) in [5, 5.41) is 6.43. The van der Waals surface area contributed by atoms with Crippen LogP contribution in [0.2, 0.25) is 0 Å². The number of benzene rings is 1. The third kappa shape index (κ3) is 5.88. The Morgan fingerprint density at radius 1 is 1.25 bits per heavy atom. The summed E-state index contributed by atoms with van der Waals surface area (Å²) in [6, 6.07) is 6.57. The highest BCUT2D eigenvalue weighted by atomic mass is 32.2. The first-order valence-corrected chi connectivity index (χ1v) is 8.83. The van der Waals surface area contributed by atoms with E-state index < -0.39 is 0 Å². The highest BCUT2D eigenvalue weighted by Gasteiger charge is 2.06. The first-order chi connectivity index (χ1) is 11.6. The number of oxazole rings is 1. The van der Waals surface area contributed by atoms with Crippen molar-refractivity contribution in [1.29, 1.82) is 0 Å². The Morgan fingerprint density at radius 3 is 2.62 bits per heavy atom. The number of aromatic nitrogens is 1. The van der Waals surface area contributed by atoms with E-state index in [4.69, 9.17) is 4.42 Å². The molecule has 130 valence electrons. The molecule has 2 N–H and O–H groups in total. The molecule has 0 saturated heterocycles. The number of guanidine groups is 1. The number of rotatable bonds is 7. The summed E-state index contributed by atoms with van der Waals surface area (Å²) in [7, 11) is 1.73. The Labute approximate surface area is 146 Å². The second-order valence-corrected chi connectivity index (χ2v) is 6.43. The quantitative estimate of drug-likeness (QED) is 0.347. The van der Waals surface area contributed by atoms with E-state index in [0.29, 0.717) is 12.4 Å². The van der Waals surface area contributed by atoms with Crippen LogP contribution in [0.25, 0.3) is 0 Å². The van der Waals surface area contributed by atoms with E-state index in [9.17, 15) is 4.39 Å². The molecule has 24 heavy (non-hydrogen) atoms. The standard InChI is InChI=1S/C17H23FN4OS/c1-12-13(2)23-16(22-12)11-21-17(19-3)20-9-4-10-24-15-7-5-14(18)6-8-15/h5-8H,4,9-11H2,1-3H3,(H2,19,20,21). The number of aryl methyl sites for hydroxylation is 2. The molecule has 2 rings (SSSR count). The van der Waals surface area contributed by atoms with Crippen molar-refractivity contribution in [1.82, 2.24) is 15.6 Å². The zero-order chi connectivity index (χ0) is 17.4. The van der Waals surface area contributed by atoms with Gasteiger partial charge in [-0.3, -0.25) is 4.99 Å². The summed E-state index contributed by atoms with van der Waals surface area (Å²) in [5.41, 5.74) is 0.910. The highest BCUT2D eigenvalue weighted by molar-refractivity contribution is 7.99. The average Bonchev–Trinajstić information content (AvgIpc) is 2.90. The van der Waals surface area contributed by atoms with Crippen molar-refractivity contribution in [3.05, 3.63) is 47.4 Å². The summed E-state index contributed by atoms with van der Waals surface area (Å²) in [5.74, 6) is 2.96. The summed E-state index contributed by atoms with van der Waals surface area (Å²) in [6.45, 7) is 5.13. The van der Waals surface area contributed by atoms with Gasteiger partial charge >= 0.3 is 0 Å². The predicted octanol–water partition coefficient (Wildman–Crippen LogP) is 3.28. The largest absolute Gasteiger partial charge is 0.444 e. The molecular formula is C17H23FN4OS. The van der Waals surface area contributed by atoms with E-state index in [1.54, 1.807) is 30.9 Å². The molecule has 7 heteroatoms. The fourth-order valence-corrected chi connectivity index (χ4v) is 2.85. The Balaban J connectivity index is 1.63. The lowest BCUT2D eigenvalue weighted by molar-refractivity contribution is 0.463. The van der Waals surface area contributed by atoms with Crippen LogP contribution in [0.15, 0.2) is 38.6 Å². The Morgan fingerprint density at radius 2 is 2.00 bits per heavy atom. The summed E-state index contributed by atoms with van der Waals surface area (Å²) < 4.78 is 18.3. The molecule has 0 unspecified atom stereocenters. The topological polar surface area (TPSA) is 62.5 Å². The molecule has 0 bridgehead atoms. The lowest BCUT2D eigenvalue weighted by atomic mass is 10.4.